The molecule has 0 aromatic heterocycles. The van der Waals surface area contributed by atoms with Crippen molar-refractivity contribution in [2.24, 2.45) is 11.7 Å². The lowest BCUT2D eigenvalue weighted by molar-refractivity contribution is -0.384. The Balaban J connectivity index is 2.42. The van der Waals surface area contributed by atoms with Crippen LogP contribution >= 0.6 is 0 Å². The van der Waals surface area contributed by atoms with Crippen molar-refractivity contribution in [2.45, 2.75) is 17.7 Å². The van der Waals surface area contributed by atoms with Gasteiger partial charge in [-0.25, -0.2) is 13.1 Å². The SMILES string of the molecule is CNS(=O)(=O)c1ccc(N2CCCC(CN)C2)c([N+](=O)[O-])c1. The van der Waals surface area contributed by atoms with E-state index in [9.17, 15) is 18.5 Å². The fourth-order valence-corrected chi connectivity index (χ4v) is 3.43. The summed E-state index contributed by atoms with van der Waals surface area (Å²) in [5.41, 5.74) is 5.94. The van der Waals surface area contributed by atoms with Gasteiger partial charge in [0, 0.05) is 19.2 Å². The van der Waals surface area contributed by atoms with Crippen LogP contribution in [0.2, 0.25) is 0 Å². The van der Waals surface area contributed by atoms with Crippen LogP contribution < -0.4 is 15.4 Å². The summed E-state index contributed by atoms with van der Waals surface area (Å²) >= 11 is 0. The van der Waals surface area contributed by atoms with Crippen molar-refractivity contribution < 1.29 is 13.3 Å². The summed E-state index contributed by atoms with van der Waals surface area (Å²) in [6.07, 6.45) is 1.92. The molecular weight excluding hydrogens is 308 g/mol. The van der Waals surface area contributed by atoms with E-state index in [1.54, 1.807) is 0 Å². The van der Waals surface area contributed by atoms with Gasteiger partial charge in [0.1, 0.15) is 5.69 Å². The van der Waals surface area contributed by atoms with Crippen molar-refractivity contribution in [3.63, 3.8) is 0 Å². The van der Waals surface area contributed by atoms with Crippen LogP contribution in [0.25, 0.3) is 0 Å². The van der Waals surface area contributed by atoms with E-state index in [1.165, 1.54) is 19.2 Å². The lowest BCUT2D eigenvalue weighted by atomic mass is 9.97. The second-order valence-electron chi connectivity index (χ2n) is 5.31. The zero-order chi connectivity index (χ0) is 16.3. The van der Waals surface area contributed by atoms with Gasteiger partial charge in [0.2, 0.25) is 10.0 Å². The number of nitrogens with zero attached hydrogens (tertiary/aromatic N) is 2. The van der Waals surface area contributed by atoms with Gasteiger partial charge in [-0.2, -0.15) is 0 Å². The summed E-state index contributed by atoms with van der Waals surface area (Å²) in [6, 6.07) is 3.99. The van der Waals surface area contributed by atoms with Gasteiger partial charge in [-0.05, 0) is 44.5 Å². The van der Waals surface area contributed by atoms with E-state index < -0.39 is 14.9 Å². The maximum atomic E-state index is 11.8. The van der Waals surface area contributed by atoms with Crippen LogP contribution in [-0.2, 0) is 10.0 Å². The third kappa shape index (κ3) is 3.37. The van der Waals surface area contributed by atoms with Crippen LogP contribution in [0.5, 0.6) is 0 Å². The average molecular weight is 328 g/mol. The molecule has 2 rings (SSSR count). The van der Waals surface area contributed by atoms with Crippen molar-refractivity contribution in [1.29, 1.82) is 0 Å². The van der Waals surface area contributed by atoms with Crippen molar-refractivity contribution in [3.05, 3.63) is 28.3 Å². The minimum absolute atomic E-state index is 0.113. The molecule has 1 saturated heterocycles. The number of hydrogen-bond acceptors (Lipinski definition) is 6. The minimum atomic E-state index is -3.71. The molecule has 0 amide bonds. The van der Waals surface area contributed by atoms with E-state index in [0.29, 0.717) is 31.2 Å². The molecule has 122 valence electrons. The van der Waals surface area contributed by atoms with Crippen LogP contribution in [0.3, 0.4) is 0 Å². The van der Waals surface area contributed by atoms with Gasteiger partial charge in [0.05, 0.1) is 9.82 Å². The molecule has 1 heterocycles. The van der Waals surface area contributed by atoms with E-state index in [0.717, 1.165) is 18.9 Å². The molecule has 1 atom stereocenters. The van der Waals surface area contributed by atoms with E-state index in [4.69, 9.17) is 5.73 Å². The number of piperidine rings is 1. The van der Waals surface area contributed by atoms with Crippen molar-refractivity contribution in [1.82, 2.24) is 4.72 Å². The number of benzene rings is 1. The molecule has 1 fully saturated rings. The highest BCUT2D eigenvalue weighted by Crippen LogP contribution is 2.33. The zero-order valence-corrected chi connectivity index (χ0v) is 13.2. The molecule has 0 aliphatic carbocycles. The van der Waals surface area contributed by atoms with Crippen LogP contribution in [0.15, 0.2) is 23.1 Å². The maximum absolute atomic E-state index is 11.8. The number of nitro benzene ring substituents is 1. The topological polar surface area (TPSA) is 119 Å². The fraction of sp³-hybridized carbons (Fsp3) is 0.538. The lowest BCUT2D eigenvalue weighted by Crippen LogP contribution is -2.38. The summed E-state index contributed by atoms with van der Waals surface area (Å²) < 4.78 is 25.8. The molecule has 1 aromatic carbocycles. The first-order chi connectivity index (χ1) is 10.4. The number of anilines is 1. The molecule has 1 unspecified atom stereocenters. The smallest absolute Gasteiger partial charge is 0.293 e. The van der Waals surface area contributed by atoms with Gasteiger partial charge in [-0.3, -0.25) is 10.1 Å². The Labute approximate surface area is 129 Å². The average Bonchev–Trinajstić information content (AvgIpc) is 2.54. The van der Waals surface area contributed by atoms with Crippen molar-refractivity contribution in [2.75, 3.05) is 31.6 Å². The molecule has 1 aliphatic heterocycles. The summed E-state index contributed by atoms with van der Waals surface area (Å²) in [4.78, 5) is 12.6. The Bertz CT molecular complexity index is 662. The van der Waals surface area contributed by atoms with E-state index in [-0.39, 0.29) is 10.6 Å². The van der Waals surface area contributed by atoms with Crippen LogP contribution in [0.1, 0.15) is 12.8 Å². The molecule has 0 bridgehead atoms. The highest BCUT2D eigenvalue weighted by molar-refractivity contribution is 7.89. The Hall–Kier alpha value is -1.71. The first-order valence-electron chi connectivity index (χ1n) is 7.06. The number of sulfonamides is 1. The number of nitrogens with one attached hydrogen (secondary N) is 1. The van der Waals surface area contributed by atoms with Crippen LogP contribution in [0.4, 0.5) is 11.4 Å². The quantitative estimate of drug-likeness (QED) is 0.606. The molecule has 1 aromatic rings. The molecule has 0 spiro atoms. The molecule has 0 saturated carbocycles. The summed E-state index contributed by atoms with van der Waals surface area (Å²) in [5, 5.41) is 11.3. The van der Waals surface area contributed by atoms with Gasteiger partial charge in [0.25, 0.3) is 5.69 Å². The third-order valence-electron chi connectivity index (χ3n) is 3.92. The highest BCUT2D eigenvalue weighted by atomic mass is 32.2. The Kier molecular flexibility index (Phi) is 4.99. The summed E-state index contributed by atoms with van der Waals surface area (Å²) in [6.45, 7) is 1.89. The van der Waals surface area contributed by atoms with Gasteiger partial charge < -0.3 is 10.6 Å². The summed E-state index contributed by atoms with van der Waals surface area (Å²) in [7, 11) is -2.44. The molecule has 8 nitrogen and oxygen atoms in total. The predicted molar refractivity (Wildman–Crippen MR) is 83.3 cm³/mol. The van der Waals surface area contributed by atoms with Crippen LogP contribution in [0, 0.1) is 16.0 Å². The molecule has 9 heteroatoms. The first kappa shape index (κ1) is 16.7. The maximum Gasteiger partial charge on any atom is 0.293 e. The first-order valence-corrected chi connectivity index (χ1v) is 8.54. The number of nitro groups is 1. The third-order valence-corrected chi connectivity index (χ3v) is 5.33. The van der Waals surface area contributed by atoms with E-state index in [1.807, 2.05) is 4.90 Å². The van der Waals surface area contributed by atoms with Gasteiger partial charge in [-0.1, -0.05) is 0 Å². The number of hydrogen-bond donors (Lipinski definition) is 2. The number of nitrogens with two attached hydrogens (primary N) is 1. The normalized spacial score (nSPS) is 19.2. The van der Waals surface area contributed by atoms with E-state index in [2.05, 4.69) is 4.72 Å². The monoisotopic (exact) mass is 328 g/mol. The zero-order valence-electron chi connectivity index (χ0n) is 12.4. The van der Waals surface area contributed by atoms with Gasteiger partial charge in [0.15, 0.2) is 0 Å². The molecule has 22 heavy (non-hydrogen) atoms. The Morgan fingerprint density at radius 3 is 2.82 bits per heavy atom. The highest BCUT2D eigenvalue weighted by Gasteiger charge is 2.27. The van der Waals surface area contributed by atoms with E-state index >= 15 is 0 Å². The predicted octanol–water partition coefficient (Wildman–Crippen LogP) is 0.678. The van der Waals surface area contributed by atoms with Crippen LogP contribution in [-0.4, -0.2) is 40.0 Å². The summed E-state index contributed by atoms with van der Waals surface area (Å²) in [5.74, 6) is 0.300. The Morgan fingerprint density at radius 2 is 2.23 bits per heavy atom. The lowest BCUT2D eigenvalue weighted by Gasteiger charge is -2.33. The van der Waals surface area contributed by atoms with Gasteiger partial charge >= 0.3 is 0 Å². The second kappa shape index (κ2) is 6.59. The molecular formula is C13H20N4O4S. The second-order valence-corrected chi connectivity index (χ2v) is 7.19. The molecule has 1 aliphatic rings. The Morgan fingerprint density at radius 1 is 1.50 bits per heavy atom. The van der Waals surface area contributed by atoms with Crippen molar-refractivity contribution >= 4 is 21.4 Å². The number of rotatable bonds is 5. The fourth-order valence-electron chi connectivity index (χ4n) is 2.68. The molecule has 3 N–H and O–H groups in total. The minimum Gasteiger partial charge on any atom is -0.366 e. The van der Waals surface area contributed by atoms with Crippen molar-refractivity contribution in [3.8, 4) is 0 Å². The largest absolute Gasteiger partial charge is 0.366 e. The standard InChI is InChI=1S/C13H20N4O4S/c1-15-22(20,21)11-4-5-12(13(7-11)17(18)19)16-6-2-3-10(8-14)9-16/h4-5,7,10,15H,2-3,6,8-9,14H2,1H3. The molecule has 0 radical (unpaired) electrons. The van der Waals surface area contributed by atoms with Gasteiger partial charge in [-0.15, -0.1) is 0 Å².